The number of benzene rings is 1. The molecule has 2 amide bonds. The van der Waals surface area contributed by atoms with Gasteiger partial charge in [0.2, 0.25) is 11.3 Å². The number of alkyl halides is 3. The number of halogens is 4. The molecule has 1 aliphatic rings. The summed E-state index contributed by atoms with van der Waals surface area (Å²) in [6, 6.07) is 7.02. The molecule has 1 unspecified atom stereocenters. The van der Waals surface area contributed by atoms with Crippen LogP contribution < -0.4 is 15.6 Å². The minimum atomic E-state index is -4.69. The summed E-state index contributed by atoms with van der Waals surface area (Å²) < 4.78 is 41.0. The number of fused-ring (bicyclic) bond motifs is 1. The number of hydrogen-bond donors (Lipinski definition) is 2. The Hall–Kier alpha value is -3.44. The van der Waals surface area contributed by atoms with E-state index in [1.165, 1.54) is 28.5 Å². The highest BCUT2D eigenvalue weighted by Gasteiger charge is 2.40. The molecule has 1 aliphatic heterocycles. The normalized spacial score (nSPS) is 17.1. The van der Waals surface area contributed by atoms with Gasteiger partial charge in [-0.25, -0.2) is 4.98 Å². The zero-order chi connectivity index (χ0) is 25.5. The van der Waals surface area contributed by atoms with E-state index in [9.17, 15) is 32.7 Å². The number of nitrogens with one attached hydrogen (secondary N) is 1. The molecule has 2 N–H and O–H groups in total. The van der Waals surface area contributed by atoms with Crippen molar-refractivity contribution in [3.63, 3.8) is 0 Å². The molecule has 0 aliphatic carbocycles. The Labute approximate surface area is 201 Å². The fourth-order valence-electron chi connectivity index (χ4n) is 3.90. The molecule has 3 aromatic rings. The summed E-state index contributed by atoms with van der Waals surface area (Å²) in [5.41, 5.74) is -1.00. The molecule has 0 radical (unpaired) electrons. The molecule has 184 valence electrons. The van der Waals surface area contributed by atoms with Crippen molar-refractivity contribution in [2.75, 3.05) is 11.4 Å². The lowest BCUT2D eigenvalue weighted by Gasteiger charge is -2.21. The number of aliphatic hydroxyl groups is 1. The monoisotopic (exact) mass is 508 g/mol. The number of anilines is 1. The fourth-order valence-corrected chi connectivity index (χ4v) is 4.12. The number of nitrogens with zero attached hydrogens (tertiary/aromatic N) is 3. The summed E-state index contributed by atoms with van der Waals surface area (Å²) in [4.78, 5) is 43.9. The predicted octanol–water partition coefficient (Wildman–Crippen LogP) is 3.21. The number of aromatic nitrogens is 2. The van der Waals surface area contributed by atoms with Crippen LogP contribution in [0.5, 0.6) is 0 Å². The number of hydrogen-bond acceptors (Lipinski definition) is 5. The zero-order valence-electron chi connectivity index (χ0n) is 18.3. The Bertz CT molecular complexity index is 1380. The first-order valence-electron chi connectivity index (χ1n) is 10.7. The van der Waals surface area contributed by atoms with E-state index in [2.05, 4.69) is 4.98 Å². The number of carbonyl (C=O) groups excluding carboxylic acids is 2. The molecule has 1 fully saturated rings. The minimum Gasteiger partial charge on any atom is -0.391 e. The van der Waals surface area contributed by atoms with E-state index in [-0.39, 0.29) is 40.7 Å². The average molecular weight is 509 g/mol. The minimum absolute atomic E-state index is 0.0179. The molecule has 3 heterocycles. The number of pyridine rings is 2. The van der Waals surface area contributed by atoms with Crippen molar-refractivity contribution in [3.05, 3.63) is 63.4 Å². The van der Waals surface area contributed by atoms with Gasteiger partial charge >= 0.3 is 6.18 Å². The van der Waals surface area contributed by atoms with Crippen LogP contribution in [-0.4, -0.2) is 51.3 Å². The maximum atomic E-state index is 13.2. The third-order valence-electron chi connectivity index (χ3n) is 5.68. The van der Waals surface area contributed by atoms with E-state index in [1.54, 1.807) is 24.3 Å². The number of carbonyl (C=O) groups is 2. The summed E-state index contributed by atoms with van der Waals surface area (Å²) >= 11 is 6.33. The molecule has 2 aromatic heterocycles. The van der Waals surface area contributed by atoms with Crippen molar-refractivity contribution in [1.82, 2.24) is 14.9 Å². The van der Waals surface area contributed by atoms with Crippen LogP contribution in [-0.2, 0) is 4.79 Å². The topological polar surface area (TPSA) is 105 Å². The first-order valence-corrected chi connectivity index (χ1v) is 11.1. The van der Waals surface area contributed by atoms with Crippen LogP contribution in [0, 0.1) is 0 Å². The molecule has 0 bridgehead atoms. The molecule has 4 rings (SSSR count). The number of para-hydroxylation sites is 1. The van der Waals surface area contributed by atoms with Gasteiger partial charge in [-0.2, -0.15) is 13.2 Å². The first kappa shape index (κ1) is 24.7. The molecule has 8 nitrogen and oxygen atoms in total. The molecule has 0 saturated carbocycles. The highest BCUT2D eigenvalue weighted by molar-refractivity contribution is 6.32. The van der Waals surface area contributed by atoms with Gasteiger partial charge in [0.05, 0.1) is 35.2 Å². The highest BCUT2D eigenvalue weighted by Crippen LogP contribution is 2.27. The van der Waals surface area contributed by atoms with Gasteiger partial charge in [-0.05, 0) is 30.7 Å². The van der Waals surface area contributed by atoms with Crippen LogP contribution in [0.25, 0.3) is 16.7 Å². The Kier molecular flexibility index (Phi) is 6.56. The molecule has 1 aromatic carbocycles. The van der Waals surface area contributed by atoms with Crippen LogP contribution in [0.2, 0.25) is 5.02 Å². The summed E-state index contributed by atoms with van der Waals surface area (Å²) in [5, 5.41) is 11.9. The number of aliphatic hydroxyl groups excluding tert-OH is 1. The second-order valence-corrected chi connectivity index (χ2v) is 8.48. The lowest BCUT2D eigenvalue weighted by atomic mass is 10.1. The van der Waals surface area contributed by atoms with Gasteiger partial charge in [-0.1, -0.05) is 30.7 Å². The first-order chi connectivity index (χ1) is 16.5. The maximum Gasteiger partial charge on any atom is 0.408 e. The predicted molar refractivity (Wildman–Crippen MR) is 123 cm³/mol. The highest BCUT2D eigenvalue weighted by atomic mass is 35.5. The van der Waals surface area contributed by atoms with Gasteiger partial charge in [0.15, 0.2) is 5.65 Å². The van der Waals surface area contributed by atoms with E-state index in [0.717, 1.165) is 6.20 Å². The van der Waals surface area contributed by atoms with Gasteiger partial charge in [0.25, 0.3) is 5.91 Å². The summed E-state index contributed by atoms with van der Waals surface area (Å²) in [6.07, 6.45) is -4.96. The van der Waals surface area contributed by atoms with E-state index in [1.807, 2.05) is 5.32 Å². The van der Waals surface area contributed by atoms with Crippen molar-refractivity contribution in [2.45, 2.75) is 38.1 Å². The van der Waals surface area contributed by atoms with Crippen molar-refractivity contribution in [1.29, 1.82) is 0 Å². The lowest BCUT2D eigenvalue weighted by Crippen LogP contribution is -2.46. The number of β-amino-alcohol motifs (C(OH)–C–C–N with tert-alkyl or cyclic N) is 1. The van der Waals surface area contributed by atoms with Gasteiger partial charge in [-0.15, -0.1) is 0 Å². The van der Waals surface area contributed by atoms with Crippen molar-refractivity contribution < 1.29 is 27.9 Å². The number of rotatable bonds is 5. The van der Waals surface area contributed by atoms with E-state index >= 15 is 0 Å². The van der Waals surface area contributed by atoms with Crippen molar-refractivity contribution >= 4 is 40.3 Å². The van der Waals surface area contributed by atoms with E-state index in [0.29, 0.717) is 5.69 Å². The van der Waals surface area contributed by atoms with Gasteiger partial charge in [0.1, 0.15) is 17.4 Å². The molecular weight excluding hydrogens is 489 g/mol. The van der Waals surface area contributed by atoms with Crippen molar-refractivity contribution in [2.24, 2.45) is 0 Å². The Morgan fingerprint density at radius 2 is 1.97 bits per heavy atom. The molecule has 2 atom stereocenters. The standard InChI is InChI=1S/C23H20ClF3N4O4/c1-2-17(23(25,26)27)28-22(35)14-11-30(16-6-4-3-5-15(16)24)21-13(20(14)34)7-8-18(29-21)31-10-12(32)9-19(31)33/h3-8,11-12,17,32H,2,9-10H2,1H3,(H,28,35)/t12-,17?/m0/s1. The second-order valence-electron chi connectivity index (χ2n) is 8.07. The number of amides is 2. The third-order valence-corrected chi connectivity index (χ3v) is 6.00. The van der Waals surface area contributed by atoms with Crippen LogP contribution in [0.1, 0.15) is 30.1 Å². The largest absolute Gasteiger partial charge is 0.408 e. The van der Waals surface area contributed by atoms with Crippen LogP contribution in [0.4, 0.5) is 19.0 Å². The average Bonchev–Trinajstić information content (AvgIpc) is 3.15. The van der Waals surface area contributed by atoms with E-state index < -0.39 is 41.6 Å². The lowest BCUT2D eigenvalue weighted by molar-refractivity contribution is -0.153. The van der Waals surface area contributed by atoms with Gasteiger partial charge in [0, 0.05) is 6.20 Å². The quantitative estimate of drug-likeness (QED) is 0.551. The van der Waals surface area contributed by atoms with Gasteiger partial charge in [-0.3, -0.25) is 23.9 Å². The summed E-state index contributed by atoms with van der Waals surface area (Å²) in [7, 11) is 0. The van der Waals surface area contributed by atoms with Gasteiger partial charge < -0.3 is 10.4 Å². The molecular formula is C23H20ClF3N4O4. The third kappa shape index (κ3) is 4.73. The van der Waals surface area contributed by atoms with Crippen LogP contribution >= 0.6 is 11.6 Å². The molecule has 12 heteroatoms. The molecule has 0 spiro atoms. The Balaban J connectivity index is 1.91. The van der Waals surface area contributed by atoms with Crippen LogP contribution in [0.3, 0.4) is 0 Å². The fraction of sp³-hybridized carbons (Fsp3) is 0.304. The summed E-state index contributed by atoms with van der Waals surface area (Å²) in [6.45, 7) is 1.28. The smallest absolute Gasteiger partial charge is 0.391 e. The Morgan fingerprint density at radius 3 is 2.57 bits per heavy atom. The Morgan fingerprint density at radius 1 is 1.26 bits per heavy atom. The zero-order valence-corrected chi connectivity index (χ0v) is 19.1. The van der Waals surface area contributed by atoms with E-state index in [4.69, 9.17) is 11.6 Å². The molecule has 35 heavy (non-hydrogen) atoms. The second kappa shape index (κ2) is 9.31. The SMILES string of the molecule is CCC(NC(=O)c1cn(-c2ccccc2Cl)c2nc(N3C[C@@H](O)CC3=O)ccc2c1=O)C(F)(F)F. The van der Waals surface area contributed by atoms with Crippen LogP contribution in [0.15, 0.2) is 47.4 Å². The maximum absolute atomic E-state index is 13.2. The summed E-state index contributed by atoms with van der Waals surface area (Å²) in [5.74, 6) is -1.38. The van der Waals surface area contributed by atoms with Crippen molar-refractivity contribution in [3.8, 4) is 5.69 Å². The molecule has 1 saturated heterocycles.